The first-order valence-electron chi connectivity index (χ1n) is 20.2. The lowest BCUT2D eigenvalue weighted by Gasteiger charge is -2.11. The fourth-order valence-corrected chi connectivity index (χ4v) is 9.04. The van der Waals surface area contributed by atoms with Crippen molar-refractivity contribution in [1.29, 1.82) is 0 Å². The Hall–Kier alpha value is -7.93. The molecule has 6 heteroatoms. The lowest BCUT2D eigenvalue weighted by atomic mass is 9.95. The molecule has 0 radical (unpaired) electrons. The van der Waals surface area contributed by atoms with Gasteiger partial charge < -0.3 is 0 Å². The fraction of sp³-hybridized carbons (Fsp3) is 0. The molecule has 0 unspecified atom stereocenters. The van der Waals surface area contributed by atoms with Crippen molar-refractivity contribution in [2.75, 3.05) is 0 Å². The molecule has 11 rings (SSSR count). The molecular weight excluding hydrogens is 763 g/mol. The zero-order chi connectivity index (χ0) is 40.5. The number of fused-ring (bicyclic) bond motifs is 3. The quantitative estimate of drug-likeness (QED) is 0.153. The highest BCUT2D eigenvalue weighted by molar-refractivity contribution is 7.26. The van der Waals surface area contributed by atoms with Crippen molar-refractivity contribution in [2.24, 2.45) is 0 Å². The Morgan fingerprint density at radius 1 is 0.262 bits per heavy atom. The van der Waals surface area contributed by atoms with Gasteiger partial charge in [0.2, 0.25) is 0 Å². The van der Waals surface area contributed by atoms with Crippen molar-refractivity contribution in [3.8, 4) is 90.2 Å². The first-order valence-corrected chi connectivity index (χ1v) is 21.1. The van der Waals surface area contributed by atoms with Crippen LogP contribution < -0.4 is 0 Å². The lowest BCUT2D eigenvalue weighted by Crippen LogP contribution is -2.00. The molecule has 0 aliphatic heterocycles. The van der Waals surface area contributed by atoms with Gasteiger partial charge in [0, 0.05) is 37.9 Å². The van der Waals surface area contributed by atoms with Crippen LogP contribution in [0.15, 0.2) is 212 Å². The van der Waals surface area contributed by atoms with Crippen molar-refractivity contribution >= 4 is 31.6 Å². The Kier molecular flexibility index (Phi) is 9.30. The van der Waals surface area contributed by atoms with E-state index in [-0.39, 0.29) is 0 Å². The van der Waals surface area contributed by atoms with E-state index in [2.05, 4.69) is 146 Å². The molecule has 0 aliphatic carbocycles. The van der Waals surface area contributed by atoms with Crippen LogP contribution in [0.2, 0.25) is 0 Å². The zero-order valence-corrected chi connectivity index (χ0v) is 33.7. The fourth-order valence-electron chi connectivity index (χ4n) is 7.88. The van der Waals surface area contributed by atoms with E-state index in [0.717, 1.165) is 82.5 Å². The van der Waals surface area contributed by atoms with Crippen LogP contribution in [-0.4, -0.2) is 24.9 Å². The highest BCUT2D eigenvalue weighted by Gasteiger charge is 2.17. The molecule has 3 aromatic heterocycles. The van der Waals surface area contributed by atoms with Crippen LogP contribution in [-0.2, 0) is 0 Å². The molecule has 0 spiro atoms. The van der Waals surface area contributed by atoms with Gasteiger partial charge in [0.1, 0.15) is 0 Å². The standard InChI is InChI=1S/C55H35N5S/c1-4-16-36(17-5-1)49-51-50(47-30-10-11-31-48(47)61-51)57-54(56-49)45-28-14-26-43(34-45)41-24-12-22-39(32-41)40-23-13-25-42(33-40)44-27-15-29-46(35-44)55-59-52(37-18-6-2-7-19-37)58-53(60-55)38-20-8-3-9-21-38/h1-35H. The molecule has 0 saturated heterocycles. The molecule has 8 aromatic carbocycles. The first-order chi connectivity index (χ1) is 30.2. The van der Waals surface area contributed by atoms with Crippen molar-refractivity contribution in [3.63, 3.8) is 0 Å². The monoisotopic (exact) mass is 797 g/mol. The van der Waals surface area contributed by atoms with E-state index < -0.39 is 0 Å². The van der Waals surface area contributed by atoms with Gasteiger partial charge in [-0.15, -0.1) is 11.3 Å². The molecule has 0 amide bonds. The highest BCUT2D eigenvalue weighted by Crippen LogP contribution is 2.40. The smallest absolute Gasteiger partial charge is 0.164 e. The van der Waals surface area contributed by atoms with E-state index in [1.807, 2.05) is 66.7 Å². The van der Waals surface area contributed by atoms with Gasteiger partial charge in [-0.25, -0.2) is 24.9 Å². The normalized spacial score (nSPS) is 11.3. The summed E-state index contributed by atoms with van der Waals surface area (Å²) in [5, 5.41) is 1.15. The van der Waals surface area contributed by atoms with Crippen LogP contribution >= 0.6 is 11.3 Å². The summed E-state index contributed by atoms with van der Waals surface area (Å²) < 4.78 is 2.31. The number of aromatic nitrogens is 5. The summed E-state index contributed by atoms with van der Waals surface area (Å²) in [4.78, 5) is 25.3. The molecule has 286 valence electrons. The third kappa shape index (κ3) is 7.16. The molecule has 3 heterocycles. The molecular formula is C55H35N5S. The average Bonchev–Trinajstić information content (AvgIpc) is 3.73. The largest absolute Gasteiger partial charge is 0.226 e. The van der Waals surface area contributed by atoms with Gasteiger partial charge >= 0.3 is 0 Å². The SMILES string of the molecule is c1ccc(-c2nc(-c3ccccc3)nc(-c3cccc(-c4cccc(-c5cccc(-c6cccc(-c7nc(-c8ccccc8)c8sc9ccccc9c8n7)c6)c5)c4)c3)n2)cc1. The van der Waals surface area contributed by atoms with E-state index >= 15 is 0 Å². The van der Waals surface area contributed by atoms with Crippen molar-refractivity contribution in [1.82, 2.24) is 24.9 Å². The van der Waals surface area contributed by atoms with Gasteiger partial charge in [0.05, 0.1) is 15.9 Å². The van der Waals surface area contributed by atoms with E-state index in [1.54, 1.807) is 11.3 Å². The molecule has 61 heavy (non-hydrogen) atoms. The molecule has 0 saturated carbocycles. The number of nitrogens with zero attached hydrogens (tertiary/aromatic N) is 5. The topological polar surface area (TPSA) is 64.5 Å². The molecule has 0 atom stereocenters. The Bertz CT molecular complexity index is 3310. The molecule has 11 aromatic rings. The maximum atomic E-state index is 5.23. The third-order valence-corrected chi connectivity index (χ3v) is 12.1. The maximum absolute atomic E-state index is 5.23. The predicted molar refractivity (Wildman–Crippen MR) is 252 cm³/mol. The van der Waals surface area contributed by atoms with Crippen LogP contribution in [0.1, 0.15) is 0 Å². The van der Waals surface area contributed by atoms with E-state index in [1.165, 1.54) is 4.70 Å². The van der Waals surface area contributed by atoms with Gasteiger partial charge in [0.25, 0.3) is 0 Å². The number of hydrogen-bond acceptors (Lipinski definition) is 6. The Balaban J connectivity index is 0.933. The molecule has 0 fully saturated rings. The Morgan fingerprint density at radius 3 is 1.08 bits per heavy atom. The summed E-state index contributed by atoms with van der Waals surface area (Å²) in [5.74, 6) is 2.63. The summed E-state index contributed by atoms with van der Waals surface area (Å²) in [6.45, 7) is 0. The average molecular weight is 798 g/mol. The minimum atomic E-state index is 0.630. The van der Waals surface area contributed by atoms with E-state index in [4.69, 9.17) is 24.9 Å². The van der Waals surface area contributed by atoms with Crippen molar-refractivity contribution < 1.29 is 0 Å². The second kappa shape index (κ2) is 15.7. The van der Waals surface area contributed by atoms with E-state index in [0.29, 0.717) is 23.3 Å². The second-order valence-corrected chi connectivity index (χ2v) is 16.0. The zero-order valence-electron chi connectivity index (χ0n) is 32.9. The highest BCUT2D eigenvalue weighted by atomic mass is 32.1. The Labute approximate surface area is 357 Å². The number of benzene rings is 8. The van der Waals surface area contributed by atoms with Crippen molar-refractivity contribution in [2.45, 2.75) is 0 Å². The summed E-state index contributed by atoms with van der Waals surface area (Å²) in [6.07, 6.45) is 0. The van der Waals surface area contributed by atoms with Gasteiger partial charge in [-0.2, -0.15) is 0 Å². The Morgan fingerprint density at radius 2 is 0.607 bits per heavy atom. The third-order valence-electron chi connectivity index (χ3n) is 10.9. The first kappa shape index (κ1) is 36.2. The van der Waals surface area contributed by atoms with Gasteiger partial charge in [-0.05, 0) is 63.7 Å². The predicted octanol–water partition coefficient (Wildman–Crippen LogP) is 14.4. The summed E-state index contributed by atoms with van der Waals surface area (Å²) >= 11 is 1.75. The number of hydrogen-bond donors (Lipinski definition) is 0. The van der Waals surface area contributed by atoms with Crippen LogP contribution in [0.25, 0.3) is 110 Å². The summed E-state index contributed by atoms with van der Waals surface area (Å²) in [7, 11) is 0. The maximum Gasteiger partial charge on any atom is 0.164 e. The lowest BCUT2D eigenvalue weighted by molar-refractivity contribution is 1.07. The number of thiophene rings is 1. The van der Waals surface area contributed by atoms with Gasteiger partial charge in [0.15, 0.2) is 23.3 Å². The second-order valence-electron chi connectivity index (χ2n) is 14.9. The van der Waals surface area contributed by atoms with Crippen LogP contribution in [0.5, 0.6) is 0 Å². The van der Waals surface area contributed by atoms with Crippen molar-refractivity contribution in [3.05, 3.63) is 212 Å². The van der Waals surface area contributed by atoms with Crippen LogP contribution in [0.4, 0.5) is 0 Å². The molecule has 0 N–H and O–H groups in total. The summed E-state index contributed by atoms with van der Waals surface area (Å²) in [6, 6.07) is 73.6. The molecule has 0 aliphatic rings. The van der Waals surface area contributed by atoms with Crippen LogP contribution in [0.3, 0.4) is 0 Å². The summed E-state index contributed by atoms with van der Waals surface area (Å²) in [5.41, 5.74) is 13.5. The minimum absolute atomic E-state index is 0.630. The van der Waals surface area contributed by atoms with Crippen LogP contribution in [0, 0.1) is 0 Å². The van der Waals surface area contributed by atoms with Gasteiger partial charge in [-0.1, -0.05) is 182 Å². The van der Waals surface area contributed by atoms with Gasteiger partial charge in [-0.3, -0.25) is 0 Å². The van der Waals surface area contributed by atoms with E-state index in [9.17, 15) is 0 Å². The number of rotatable bonds is 8. The molecule has 5 nitrogen and oxygen atoms in total. The minimum Gasteiger partial charge on any atom is -0.226 e. The molecule has 0 bridgehead atoms.